The Kier molecular flexibility index (Phi) is 12.9. The predicted molar refractivity (Wildman–Crippen MR) is 69.5 cm³/mol. The minimum absolute atomic E-state index is 0.338. The molecule has 0 fully saturated rings. The Morgan fingerprint density at radius 1 is 0.688 bits per heavy atom. The van der Waals surface area contributed by atoms with E-state index in [0.717, 1.165) is 6.42 Å². The van der Waals surface area contributed by atoms with E-state index < -0.39 is 0 Å². The summed E-state index contributed by atoms with van der Waals surface area (Å²) in [4.78, 5) is 0. The number of unbranched alkanes of at least 4 members (excludes halogenated alkanes) is 8. The van der Waals surface area contributed by atoms with Gasteiger partial charge in [0, 0.05) is 13.2 Å². The van der Waals surface area contributed by atoms with Gasteiger partial charge in [-0.15, -0.1) is 0 Å². The molecule has 1 atom stereocenters. The van der Waals surface area contributed by atoms with Crippen molar-refractivity contribution in [1.29, 1.82) is 0 Å². The average Bonchev–Trinajstić information content (AvgIpc) is 2.31. The van der Waals surface area contributed by atoms with Gasteiger partial charge in [-0.2, -0.15) is 0 Å². The van der Waals surface area contributed by atoms with Crippen LogP contribution in [-0.2, 0) is 0 Å². The van der Waals surface area contributed by atoms with E-state index in [1.165, 1.54) is 57.8 Å². The van der Waals surface area contributed by atoms with Gasteiger partial charge in [-0.25, -0.2) is 0 Å². The zero-order valence-electron chi connectivity index (χ0n) is 11.0. The van der Waals surface area contributed by atoms with Crippen molar-refractivity contribution in [3.63, 3.8) is 0 Å². The molecule has 0 bridgehead atoms. The van der Waals surface area contributed by atoms with Crippen LogP contribution in [0.2, 0.25) is 0 Å². The maximum Gasteiger partial charge on any atom is 0.0456 e. The fourth-order valence-corrected chi connectivity index (χ4v) is 1.93. The Morgan fingerprint density at radius 2 is 1.12 bits per heavy atom. The van der Waals surface area contributed by atoms with Gasteiger partial charge >= 0.3 is 0 Å². The first-order chi connectivity index (χ1) is 7.81. The van der Waals surface area contributed by atoms with Gasteiger partial charge in [-0.1, -0.05) is 58.3 Å². The third kappa shape index (κ3) is 12.0. The van der Waals surface area contributed by atoms with Crippen molar-refractivity contribution in [3.05, 3.63) is 0 Å². The van der Waals surface area contributed by atoms with Crippen LogP contribution < -0.4 is 0 Å². The average molecular weight is 230 g/mol. The number of aliphatic hydroxyl groups excluding tert-OH is 2. The molecule has 0 saturated carbocycles. The number of hydrogen-bond acceptors (Lipinski definition) is 2. The Morgan fingerprint density at radius 3 is 1.56 bits per heavy atom. The molecule has 0 aliphatic rings. The van der Waals surface area contributed by atoms with E-state index >= 15 is 0 Å². The highest BCUT2D eigenvalue weighted by Gasteiger charge is 1.98. The summed E-state index contributed by atoms with van der Waals surface area (Å²) in [5.74, 6) is 0.485. The summed E-state index contributed by atoms with van der Waals surface area (Å²) in [6.07, 6.45) is 12.6. The van der Waals surface area contributed by atoms with E-state index in [1.807, 2.05) is 0 Å². The molecular weight excluding hydrogens is 200 g/mol. The fourth-order valence-electron chi connectivity index (χ4n) is 1.93. The van der Waals surface area contributed by atoms with E-state index in [1.54, 1.807) is 0 Å². The maximum absolute atomic E-state index is 8.86. The summed E-state index contributed by atoms with van der Waals surface area (Å²) in [5.41, 5.74) is 0. The molecule has 0 spiro atoms. The van der Waals surface area contributed by atoms with Crippen LogP contribution in [0.5, 0.6) is 0 Å². The molecule has 0 amide bonds. The predicted octanol–water partition coefficient (Wildman–Crippen LogP) is 3.51. The first kappa shape index (κ1) is 15.9. The van der Waals surface area contributed by atoms with Crippen molar-refractivity contribution in [2.45, 2.75) is 71.1 Å². The molecule has 16 heavy (non-hydrogen) atoms. The van der Waals surface area contributed by atoms with Crippen molar-refractivity contribution < 1.29 is 10.2 Å². The summed E-state index contributed by atoms with van der Waals surface area (Å²) in [6, 6.07) is 0. The van der Waals surface area contributed by atoms with E-state index in [-0.39, 0.29) is 0 Å². The lowest BCUT2D eigenvalue weighted by Crippen LogP contribution is -1.99. The third-order valence-corrected chi connectivity index (χ3v) is 3.17. The first-order valence-corrected chi connectivity index (χ1v) is 7.03. The minimum atomic E-state index is 0.338. The van der Waals surface area contributed by atoms with Crippen molar-refractivity contribution in [2.75, 3.05) is 13.2 Å². The molecule has 0 aromatic heterocycles. The summed E-state index contributed by atoms with van der Waals surface area (Å²) in [7, 11) is 0. The molecule has 2 heteroatoms. The van der Waals surface area contributed by atoms with Gasteiger partial charge in [-0.3, -0.25) is 0 Å². The van der Waals surface area contributed by atoms with Gasteiger partial charge in [0.25, 0.3) is 0 Å². The molecule has 2 nitrogen and oxygen atoms in total. The van der Waals surface area contributed by atoms with Gasteiger partial charge in [0.1, 0.15) is 0 Å². The Bertz CT molecular complexity index is 126. The van der Waals surface area contributed by atoms with Crippen LogP contribution in [-0.4, -0.2) is 23.4 Å². The van der Waals surface area contributed by atoms with Gasteiger partial charge in [0.2, 0.25) is 0 Å². The first-order valence-electron chi connectivity index (χ1n) is 7.03. The van der Waals surface area contributed by atoms with Crippen LogP contribution in [0, 0.1) is 5.92 Å². The van der Waals surface area contributed by atoms with Gasteiger partial charge in [0.15, 0.2) is 0 Å². The highest BCUT2D eigenvalue weighted by molar-refractivity contribution is 4.52. The highest BCUT2D eigenvalue weighted by atomic mass is 16.3. The van der Waals surface area contributed by atoms with Gasteiger partial charge < -0.3 is 10.2 Å². The van der Waals surface area contributed by atoms with E-state index in [2.05, 4.69) is 6.92 Å². The molecule has 1 unspecified atom stereocenters. The van der Waals surface area contributed by atoms with Crippen molar-refractivity contribution in [2.24, 2.45) is 5.92 Å². The largest absolute Gasteiger partial charge is 0.396 e. The van der Waals surface area contributed by atoms with E-state index in [0.29, 0.717) is 19.1 Å². The lowest BCUT2D eigenvalue weighted by molar-refractivity contribution is 0.227. The molecular formula is C14H30O2. The monoisotopic (exact) mass is 230 g/mol. The minimum Gasteiger partial charge on any atom is -0.396 e. The van der Waals surface area contributed by atoms with Crippen LogP contribution in [0.1, 0.15) is 71.1 Å². The third-order valence-electron chi connectivity index (χ3n) is 3.17. The molecule has 0 aromatic carbocycles. The fraction of sp³-hybridized carbons (Fsp3) is 1.00. The zero-order valence-corrected chi connectivity index (χ0v) is 11.0. The van der Waals surface area contributed by atoms with E-state index in [4.69, 9.17) is 10.2 Å². The Balaban J connectivity index is 2.93. The van der Waals surface area contributed by atoms with Crippen LogP contribution in [0.3, 0.4) is 0 Å². The second kappa shape index (κ2) is 13.0. The zero-order chi connectivity index (χ0) is 12.1. The smallest absolute Gasteiger partial charge is 0.0456 e. The van der Waals surface area contributed by atoms with Gasteiger partial charge in [0.05, 0.1) is 0 Å². The van der Waals surface area contributed by atoms with Crippen LogP contribution >= 0.6 is 0 Å². The molecule has 98 valence electrons. The van der Waals surface area contributed by atoms with Crippen molar-refractivity contribution in [1.82, 2.24) is 0 Å². The van der Waals surface area contributed by atoms with Crippen molar-refractivity contribution in [3.8, 4) is 0 Å². The molecule has 0 rings (SSSR count). The number of hydrogen-bond donors (Lipinski definition) is 2. The summed E-state index contributed by atoms with van der Waals surface area (Å²) < 4.78 is 0. The van der Waals surface area contributed by atoms with Crippen molar-refractivity contribution >= 4 is 0 Å². The normalized spacial score (nSPS) is 12.9. The maximum atomic E-state index is 8.86. The van der Waals surface area contributed by atoms with E-state index in [9.17, 15) is 0 Å². The quantitative estimate of drug-likeness (QED) is 0.504. The van der Waals surface area contributed by atoms with Crippen LogP contribution in [0.15, 0.2) is 0 Å². The molecule has 0 radical (unpaired) electrons. The Labute approximate surface area is 101 Å². The lowest BCUT2D eigenvalue weighted by Gasteiger charge is -2.06. The molecule has 0 aromatic rings. The number of rotatable bonds is 12. The standard InChI is InChI=1S/C14H30O2/c1-14(13-16)11-9-7-5-3-2-4-6-8-10-12-15/h14-16H,2-13H2,1H3. The molecule has 2 N–H and O–H groups in total. The second-order valence-electron chi connectivity index (χ2n) is 4.98. The molecule has 0 aliphatic carbocycles. The van der Waals surface area contributed by atoms with Crippen LogP contribution in [0.4, 0.5) is 0 Å². The molecule has 0 aliphatic heterocycles. The second-order valence-corrected chi connectivity index (χ2v) is 4.98. The SMILES string of the molecule is CC(CO)CCCCCCCCCCCO. The summed E-state index contributed by atoms with van der Waals surface area (Å²) in [5, 5.41) is 17.5. The summed E-state index contributed by atoms with van der Waals surface area (Å²) >= 11 is 0. The van der Waals surface area contributed by atoms with Gasteiger partial charge in [-0.05, 0) is 18.8 Å². The number of aliphatic hydroxyl groups is 2. The Hall–Kier alpha value is -0.0800. The lowest BCUT2D eigenvalue weighted by atomic mass is 10.0. The topological polar surface area (TPSA) is 40.5 Å². The van der Waals surface area contributed by atoms with Crippen LogP contribution in [0.25, 0.3) is 0 Å². The molecule has 0 saturated heterocycles. The highest BCUT2D eigenvalue weighted by Crippen LogP contribution is 2.12. The molecule has 0 heterocycles. The summed E-state index contributed by atoms with van der Waals surface area (Å²) in [6.45, 7) is 2.80.